The summed E-state index contributed by atoms with van der Waals surface area (Å²) in [5.41, 5.74) is 2.02. The Morgan fingerprint density at radius 1 is 0.875 bits per heavy atom. The summed E-state index contributed by atoms with van der Waals surface area (Å²) in [6.45, 7) is 1.59. The van der Waals surface area contributed by atoms with Crippen LogP contribution in [-0.4, -0.2) is 24.5 Å². The molecule has 0 aliphatic heterocycles. The topological polar surface area (TPSA) is 69.0 Å². The minimum atomic E-state index is -3.38. The molecule has 0 aliphatic rings. The summed E-state index contributed by atoms with van der Waals surface area (Å²) < 4.78 is 51.9. The molecule has 0 saturated heterocycles. The fourth-order valence-electron chi connectivity index (χ4n) is 3.39. The molecule has 4 aromatic rings. The molecule has 0 fully saturated rings. The summed E-state index contributed by atoms with van der Waals surface area (Å²) in [5, 5.41) is 4.26. The molecule has 0 saturated carbocycles. The maximum atomic E-state index is 13.7. The molecular formula is C24H18F2N2O3S. The van der Waals surface area contributed by atoms with Crippen LogP contribution in [-0.2, 0) is 9.84 Å². The van der Waals surface area contributed by atoms with Gasteiger partial charge in [0.05, 0.1) is 22.3 Å². The Bertz CT molecular complexity index is 1480. The molecule has 32 heavy (non-hydrogen) atoms. The number of rotatable bonds is 4. The number of halogens is 2. The number of nitrogens with zero attached hydrogens (tertiary/aromatic N) is 2. The first-order valence-electron chi connectivity index (χ1n) is 9.60. The summed E-state index contributed by atoms with van der Waals surface area (Å²) in [6.07, 6.45) is 2.59. The van der Waals surface area contributed by atoms with E-state index in [0.717, 1.165) is 10.9 Å². The standard InChI is InChI=1S/C24H18F2N2O3S/c1-15-13-19(9-12-22(15)26)28-24(29)23(17-3-7-18(25)8-4-17)21(14-27-28)16-5-10-20(11-6-16)32(2,30)31/h3-14H,1-2H3. The predicted octanol–water partition coefficient (Wildman–Crippen LogP) is 4.56. The molecule has 1 aromatic heterocycles. The largest absolute Gasteiger partial charge is 0.279 e. The van der Waals surface area contributed by atoms with E-state index in [1.54, 1.807) is 19.1 Å². The van der Waals surface area contributed by atoms with E-state index in [-0.39, 0.29) is 10.5 Å². The van der Waals surface area contributed by atoms with Gasteiger partial charge in [-0.15, -0.1) is 0 Å². The van der Waals surface area contributed by atoms with Gasteiger partial charge in [0.15, 0.2) is 9.84 Å². The highest BCUT2D eigenvalue weighted by Crippen LogP contribution is 2.30. The summed E-state index contributed by atoms with van der Waals surface area (Å²) in [4.78, 5) is 13.6. The van der Waals surface area contributed by atoms with Crippen LogP contribution in [0.2, 0.25) is 0 Å². The molecule has 0 radical (unpaired) electrons. The van der Waals surface area contributed by atoms with E-state index in [1.807, 2.05) is 0 Å². The Labute approximate surface area is 183 Å². The number of aryl methyl sites for hydroxylation is 1. The maximum Gasteiger partial charge on any atom is 0.279 e. The molecule has 162 valence electrons. The number of aromatic nitrogens is 2. The van der Waals surface area contributed by atoms with Crippen LogP contribution >= 0.6 is 0 Å². The van der Waals surface area contributed by atoms with Crippen molar-refractivity contribution >= 4 is 9.84 Å². The Balaban J connectivity index is 1.96. The van der Waals surface area contributed by atoms with E-state index in [9.17, 15) is 22.0 Å². The second kappa shape index (κ2) is 8.12. The summed E-state index contributed by atoms with van der Waals surface area (Å²) in [7, 11) is -3.38. The molecule has 4 rings (SSSR count). The van der Waals surface area contributed by atoms with E-state index < -0.39 is 27.0 Å². The quantitative estimate of drug-likeness (QED) is 0.455. The van der Waals surface area contributed by atoms with E-state index in [1.165, 1.54) is 60.8 Å². The van der Waals surface area contributed by atoms with E-state index in [2.05, 4.69) is 5.10 Å². The zero-order valence-electron chi connectivity index (χ0n) is 17.2. The Morgan fingerprint density at radius 3 is 2.09 bits per heavy atom. The molecule has 3 aromatic carbocycles. The lowest BCUT2D eigenvalue weighted by Crippen LogP contribution is -2.23. The first-order valence-corrected chi connectivity index (χ1v) is 11.5. The fraction of sp³-hybridized carbons (Fsp3) is 0.0833. The SMILES string of the molecule is Cc1cc(-n2ncc(-c3ccc(S(C)(=O)=O)cc3)c(-c3ccc(F)cc3)c2=O)ccc1F. The van der Waals surface area contributed by atoms with Gasteiger partial charge in [-0.2, -0.15) is 9.78 Å². The van der Waals surface area contributed by atoms with E-state index in [0.29, 0.717) is 27.9 Å². The molecule has 8 heteroatoms. The van der Waals surface area contributed by atoms with E-state index >= 15 is 0 Å². The van der Waals surface area contributed by atoms with Crippen molar-refractivity contribution in [3.63, 3.8) is 0 Å². The minimum absolute atomic E-state index is 0.146. The third kappa shape index (κ3) is 4.09. The zero-order valence-corrected chi connectivity index (χ0v) is 18.0. The van der Waals surface area contributed by atoms with Gasteiger partial charge in [-0.25, -0.2) is 17.2 Å². The van der Waals surface area contributed by atoms with Crippen molar-refractivity contribution in [3.05, 3.63) is 100 Å². The molecular weight excluding hydrogens is 434 g/mol. The average molecular weight is 452 g/mol. The van der Waals surface area contributed by atoms with Gasteiger partial charge >= 0.3 is 0 Å². The van der Waals surface area contributed by atoms with Crippen LogP contribution in [0.4, 0.5) is 8.78 Å². The second-order valence-corrected chi connectivity index (χ2v) is 9.40. The van der Waals surface area contributed by atoms with Gasteiger partial charge in [-0.05, 0) is 66.1 Å². The maximum absolute atomic E-state index is 13.7. The van der Waals surface area contributed by atoms with Crippen molar-refractivity contribution in [1.29, 1.82) is 0 Å². The highest BCUT2D eigenvalue weighted by molar-refractivity contribution is 7.90. The normalized spacial score (nSPS) is 11.5. The third-order valence-electron chi connectivity index (χ3n) is 5.09. The van der Waals surface area contributed by atoms with Gasteiger partial charge in [0.25, 0.3) is 5.56 Å². The van der Waals surface area contributed by atoms with Gasteiger partial charge in [-0.3, -0.25) is 4.79 Å². The van der Waals surface area contributed by atoms with Crippen LogP contribution < -0.4 is 5.56 Å². The van der Waals surface area contributed by atoms with Crippen molar-refractivity contribution < 1.29 is 17.2 Å². The van der Waals surface area contributed by atoms with Crippen LogP contribution in [0.25, 0.3) is 27.9 Å². The highest BCUT2D eigenvalue weighted by atomic mass is 32.2. The lowest BCUT2D eigenvalue weighted by atomic mass is 9.97. The number of benzene rings is 3. The van der Waals surface area contributed by atoms with Gasteiger partial charge in [0, 0.05) is 11.8 Å². The fourth-order valence-corrected chi connectivity index (χ4v) is 4.02. The third-order valence-corrected chi connectivity index (χ3v) is 6.22. The second-order valence-electron chi connectivity index (χ2n) is 7.39. The van der Waals surface area contributed by atoms with Crippen molar-refractivity contribution in [2.75, 3.05) is 6.26 Å². The van der Waals surface area contributed by atoms with Crippen molar-refractivity contribution in [2.24, 2.45) is 0 Å². The highest BCUT2D eigenvalue weighted by Gasteiger charge is 2.17. The molecule has 1 heterocycles. The molecule has 0 atom stereocenters. The molecule has 0 unspecified atom stereocenters. The lowest BCUT2D eigenvalue weighted by Gasteiger charge is -2.13. The van der Waals surface area contributed by atoms with Crippen LogP contribution in [0.15, 0.2) is 82.6 Å². The molecule has 0 aliphatic carbocycles. The minimum Gasteiger partial charge on any atom is -0.267 e. The van der Waals surface area contributed by atoms with E-state index in [4.69, 9.17) is 0 Å². The first kappa shape index (κ1) is 21.6. The van der Waals surface area contributed by atoms with Crippen molar-refractivity contribution in [1.82, 2.24) is 9.78 Å². The molecule has 0 N–H and O–H groups in total. The molecule has 0 spiro atoms. The Morgan fingerprint density at radius 2 is 1.50 bits per heavy atom. The van der Waals surface area contributed by atoms with Crippen LogP contribution in [0.3, 0.4) is 0 Å². The first-order chi connectivity index (χ1) is 15.1. The molecule has 0 amide bonds. The molecule has 0 bridgehead atoms. The van der Waals surface area contributed by atoms with Crippen LogP contribution in [0.5, 0.6) is 0 Å². The lowest BCUT2D eigenvalue weighted by molar-refractivity contribution is 0.602. The van der Waals surface area contributed by atoms with Gasteiger partial charge in [0.2, 0.25) is 0 Å². The predicted molar refractivity (Wildman–Crippen MR) is 118 cm³/mol. The van der Waals surface area contributed by atoms with Gasteiger partial charge < -0.3 is 0 Å². The number of hydrogen-bond acceptors (Lipinski definition) is 4. The smallest absolute Gasteiger partial charge is 0.267 e. The number of hydrogen-bond donors (Lipinski definition) is 0. The molecule has 5 nitrogen and oxygen atoms in total. The Kier molecular flexibility index (Phi) is 5.48. The summed E-state index contributed by atoms with van der Waals surface area (Å²) in [5.74, 6) is -0.848. The van der Waals surface area contributed by atoms with Gasteiger partial charge in [-0.1, -0.05) is 24.3 Å². The zero-order chi connectivity index (χ0) is 23.0. The van der Waals surface area contributed by atoms with Crippen LogP contribution in [0.1, 0.15) is 5.56 Å². The average Bonchev–Trinajstić information content (AvgIpc) is 2.76. The summed E-state index contributed by atoms with van der Waals surface area (Å²) >= 11 is 0. The summed E-state index contributed by atoms with van der Waals surface area (Å²) in [6, 6.07) is 15.8. The monoisotopic (exact) mass is 452 g/mol. The van der Waals surface area contributed by atoms with Crippen molar-refractivity contribution in [2.45, 2.75) is 11.8 Å². The van der Waals surface area contributed by atoms with Gasteiger partial charge in [0.1, 0.15) is 11.6 Å². The number of sulfone groups is 1. The Hall–Kier alpha value is -3.65. The van der Waals surface area contributed by atoms with Crippen molar-refractivity contribution in [3.8, 4) is 27.9 Å². The van der Waals surface area contributed by atoms with Crippen LogP contribution in [0, 0.1) is 18.6 Å².